The highest BCUT2D eigenvalue weighted by molar-refractivity contribution is 9.10. The molecular weight excluding hydrogens is 246 g/mol. The molecule has 1 nitrogen and oxygen atoms in total. The summed E-state index contributed by atoms with van der Waals surface area (Å²) in [5, 5.41) is 3.39. The molecule has 0 radical (unpaired) electrons. The quantitative estimate of drug-likeness (QED) is 0.697. The second-order valence-electron chi connectivity index (χ2n) is 3.33. The Bertz CT molecular complexity index is 433. The van der Waals surface area contributed by atoms with Crippen molar-refractivity contribution in [1.82, 2.24) is 4.98 Å². The van der Waals surface area contributed by atoms with E-state index in [4.69, 9.17) is 0 Å². The topological polar surface area (TPSA) is 12.9 Å². The van der Waals surface area contributed by atoms with Crippen molar-refractivity contribution in [2.75, 3.05) is 0 Å². The fraction of sp³-hybridized carbons (Fsp3) is 0.300. The van der Waals surface area contributed by atoms with E-state index >= 15 is 0 Å². The van der Waals surface area contributed by atoms with Crippen LogP contribution in [0.15, 0.2) is 22.1 Å². The zero-order valence-corrected chi connectivity index (χ0v) is 9.95. The van der Waals surface area contributed by atoms with Crippen LogP contribution in [-0.4, -0.2) is 4.98 Å². The highest BCUT2D eigenvalue weighted by Gasteiger charge is 2.08. The van der Waals surface area contributed by atoms with Gasteiger partial charge in [-0.2, -0.15) is 0 Å². The molecule has 0 aliphatic rings. The number of fused-ring (bicyclic) bond motifs is 1. The van der Waals surface area contributed by atoms with E-state index in [2.05, 4.69) is 52.3 Å². The first-order chi connectivity index (χ1) is 6.18. The molecule has 0 N–H and O–H groups in total. The Morgan fingerprint density at radius 3 is 2.92 bits per heavy atom. The average Bonchev–Trinajstić information content (AvgIpc) is 2.49. The van der Waals surface area contributed by atoms with Crippen molar-refractivity contribution < 1.29 is 0 Å². The summed E-state index contributed by atoms with van der Waals surface area (Å²) in [7, 11) is 0. The summed E-state index contributed by atoms with van der Waals surface area (Å²) in [6.07, 6.45) is 0. The van der Waals surface area contributed by atoms with E-state index in [-0.39, 0.29) is 0 Å². The monoisotopic (exact) mass is 255 g/mol. The number of aromatic nitrogens is 1. The van der Waals surface area contributed by atoms with Crippen LogP contribution in [0.5, 0.6) is 0 Å². The number of hydrogen-bond donors (Lipinski definition) is 0. The fourth-order valence-corrected chi connectivity index (χ4v) is 2.76. The van der Waals surface area contributed by atoms with Crippen molar-refractivity contribution in [3.63, 3.8) is 0 Å². The summed E-state index contributed by atoms with van der Waals surface area (Å²) >= 11 is 5.12. The molecule has 0 aliphatic heterocycles. The number of rotatable bonds is 1. The highest BCUT2D eigenvalue weighted by atomic mass is 79.9. The van der Waals surface area contributed by atoms with Gasteiger partial charge < -0.3 is 0 Å². The van der Waals surface area contributed by atoms with Crippen molar-refractivity contribution in [3.8, 4) is 0 Å². The summed E-state index contributed by atoms with van der Waals surface area (Å²) in [5.74, 6) is 0.552. The molecule has 2 aromatic rings. The van der Waals surface area contributed by atoms with Crippen LogP contribution in [0.4, 0.5) is 0 Å². The van der Waals surface area contributed by atoms with Gasteiger partial charge in [0.1, 0.15) is 9.43 Å². The van der Waals surface area contributed by atoms with Crippen LogP contribution in [0, 0.1) is 0 Å². The van der Waals surface area contributed by atoms with Gasteiger partial charge >= 0.3 is 0 Å². The van der Waals surface area contributed by atoms with Crippen LogP contribution < -0.4 is 0 Å². The molecule has 0 atom stereocenters. The van der Waals surface area contributed by atoms with Crippen molar-refractivity contribution in [1.29, 1.82) is 0 Å². The van der Waals surface area contributed by atoms with Crippen molar-refractivity contribution in [3.05, 3.63) is 27.7 Å². The maximum absolute atomic E-state index is 4.41. The van der Waals surface area contributed by atoms with Gasteiger partial charge in [0.05, 0.1) is 0 Å². The standard InChI is InChI=1S/C10H10BrNS/c1-6(2)8-5-9(11)12-10-7(8)3-4-13-10/h3-6H,1-2H3. The molecule has 0 fully saturated rings. The summed E-state index contributed by atoms with van der Waals surface area (Å²) < 4.78 is 0.936. The van der Waals surface area contributed by atoms with Gasteiger partial charge in [-0.05, 0) is 44.9 Å². The SMILES string of the molecule is CC(C)c1cc(Br)nc2sccc12. The molecule has 0 unspecified atom stereocenters. The summed E-state index contributed by atoms with van der Waals surface area (Å²) in [6, 6.07) is 4.26. The van der Waals surface area contributed by atoms with Crippen LogP contribution in [0.25, 0.3) is 10.2 Å². The Labute approximate surface area is 89.9 Å². The molecule has 0 spiro atoms. The summed E-state index contributed by atoms with van der Waals surface area (Å²) in [6.45, 7) is 4.41. The van der Waals surface area contributed by atoms with Crippen LogP contribution in [0.2, 0.25) is 0 Å². The van der Waals surface area contributed by atoms with Crippen LogP contribution >= 0.6 is 27.3 Å². The normalized spacial score (nSPS) is 11.4. The van der Waals surface area contributed by atoms with E-state index in [1.54, 1.807) is 11.3 Å². The van der Waals surface area contributed by atoms with Crippen LogP contribution in [-0.2, 0) is 0 Å². The lowest BCUT2D eigenvalue weighted by Gasteiger charge is -2.06. The molecule has 3 heteroatoms. The molecule has 0 saturated heterocycles. The third-order valence-corrected chi connectivity index (χ3v) is 3.27. The molecule has 0 bridgehead atoms. The lowest BCUT2D eigenvalue weighted by Crippen LogP contribution is -1.89. The predicted octanol–water partition coefficient (Wildman–Crippen LogP) is 4.18. The number of pyridine rings is 1. The van der Waals surface area contributed by atoms with E-state index in [1.807, 2.05) is 0 Å². The Morgan fingerprint density at radius 1 is 1.46 bits per heavy atom. The van der Waals surface area contributed by atoms with E-state index in [9.17, 15) is 0 Å². The first-order valence-corrected chi connectivity index (χ1v) is 5.89. The number of hydrogen-bond acceptors (Lipinski definition) is 2. The van der Waals surface area contributed by atoms with Gasteiger partial charge in [-0.25, -0.2) is 4.98 Å². The highest BCUT2D eigenvalue weighted by Crippen LogP contribution is 2.29. The largest absolute Gasteiger partial charge is 0.230 e. The van der Waals surface area contributed by atoms with Gasteiger partial charge in [0.25, 0.3) is 0 Å². The molecule has 2 heterocycles. The fourth-order valence-electron chi connectivity index (χ4n) is 1.42. The molecule has 68 valence electrons. The molecule has 0 saturated carbocycles. The van der Waals surface area contributed by atoms with E-state index in [0.717, 1.165) is 9.43 Å². The first kappa shape index (κ1) is 9.16. The van der Waals surface area contributed by atoms with Crippen molar-refractivity contribution in [2.45, 2.75) is 19.8 Å². The van der Waals surface area contributed by atoms with E-state index in [1.165, 1.54) is 10.9 Å². The molecule has 13 heavy (non-hydrogen) atoms. The minimum absolute atomic E-state index is 0.552. The number of thiophene rings is 1. The maximum Gasteiger partial charge on any atom is 0.124 e. The van der Waals surface area contributed by atoms with Gasteiger partial charge in [0.2, 0.25) is 0 Å². The lowest BCUT2D eigenvalue weighted by molar-refractivity contribution is 0.873. The molecule has 2 rings (SSSR count). The molecule has 0 aliphatic carbocycles. The van der Waals surface area contributed by atoms with Crippen molar-refractivity contribution >= 4 is 37.5 Å². The second-order valence-corrected chi connectivity index (χ2v) is 5.04. The minimum atomic E-state index is 0.552. The molecule has 0 aromatic carbocycles. The van der Waals surface area contributed by atoms with Gasteiger partial charge in [0.15, 0.2) is 0 Å². The Morgan fingerprint density at radius 2 is 2.23 bits per heavy atom. The number of nitrogens with zero attached hydrogens (tertiary/aromatic N) is 1. The maximum atomic E-state index is 4.41. The second kappa shape index (κ2) is 3.39. The Kier molecular flexibility index (Phi) is 2.39. The molecule has 2 aromatic heterocycles. The first-order valence-electron chi connectivity index (χ1n) is 4.22. The zero-order chi connectivity index (χ0) is 9.42. The van der Waals surface area contributed by atoms with E-state index < -0.39 is 0 Å². The third kappa shape index (κ3) is 1.63. The van der Waals surface area contributed by atoms with Gasteiger partial charge in [-0.3, -0.25) is 0 Å². The zero-order valence-electron chi connectivity index (χ0n) is 7.54. The molecule has 0 amide bonds. The Hall–Kier alpha value is -0.410. The minimum Gasteiger partial charge on any atom is -0.230 e. The van der Waals surface area contributed by atoms with Crippen molar-refractivity contribution in [2.24, 2.45) is 0 Å². The Balaban J connectivity index is 2.77. The average molecular weight is 256 g/mol. The smallest absolute Gasteiger partial charge is 0.124 e. The van der Waals surface area contributed by atoms with Crippen LogP contribution in [0.3, 0.4) is 0 Å². The van der Waals surface area contributed by atoms with Gasteiger partial charge in [-0.15, -0.1) is 11.3 Å². The van der Waals surface area contributed by atoms with E-state index in [0.29, 0.717) is 5.92 Å². The van der Waals surface area contributed by atoms with Crippen LogP contribution in [0.1, 0.15) is 25.3 Å². The lowest BCUT2D eigenvalue weighted by atomic mass is 10.0. The summed E-state index contributed by atoms with van der Waals surface area (Å²) in [4.78, 5) is 5.54. The molecular formula is C10H10BrNS. The predicted molar refractivity (Wildman–Crippen MR) is 61.4 cm³/mol. The third-order valence-electron chi connectivity index (χ3n) is 2.06. The summed E-state index contributed by atoms with van der Waals surface area (Å²) in [5.41, 5.74) is 1.37. The van der Waals surface area contributed by atoms with Gasteiger partial charge in [-0.1, -0.05) is 13.8 Å². The van der Waals surface area contributed by atoms with Gasteiger partial charge in [0, 0.05) is 5.39 Å². The number of halogens is 1.